The average molecular weight is 415 g/mol. The Labute approximate surface area is 171 Å². The number of hydrogen-bond acceptors (Lipinski definition) is 4. The van der Waals surface area contributed by atoms with Gasteiger partial charge < -0.3 is 0 Å². The normalized spacial score (nSPS) is 34.5. The SMILES string of the molecule is O=[N+]([O-])c1ccc(S(=O)(=O)N(C[C@@H]2C[C@H]3C=C[C@@H]2C3)C[C@H]2C[C@@H]3C=C[C@H]2C3)cc1. The van der Waals surface area contributed by atoms with E-state index in [1.54, 1.807) is 4.31 Å². The van der Waals surface area contributed by atoms with Crippen molar-refractivity contribution in [2.45, 2.75) is 30.6 Å². The lowest BCUT2D eigenvalue weighted by molar-refractivity contribution is -0.384. The maximum absolute atomic E-state index is 13.5. The summed E-state index contributed by atoms with van der Waals surface area (Å²) in [4.78, 5) is 10.6. The summed E-state index contributed by atoms with van der Waals surface area (Å²) in [6, 6.07) is 5.32. The molecule has 0 unspecified atom stereocenters. The van der Waals surface area contributed by atoms with Crippen molar-refractivity contribution in [1.82, 2.24) is 4.31 Å². The molecule has 7 heteroatoms. The summed E-state index contributed by atoms with van der Waals surface area (Å²) in [6.07, 6.45) is 13.5. The molecule has 0 radical (unpaired) electrons. The van der Waals surface area contributed by atoms with Gasteiger partial charge in [0.2, 0.25) is 10.0 Å². The van der Waals surface area contributed by atoms with Crippen LogP contribution in [0.5, 0.6) is 0 Å². The van der Waals surface area contributed by atoms with Crippen molar-refractivity contribution in [3.8, 4) is 0 Å². The van der Waals surface area contributed by atoms with Crippen molar-refractivity contribution in [3.05, 3.63) is 58.7 Å². The molecule has 4 aliphatic rings. The van der Waals surface area contributed by atoms with Crippen LogP contribution in [0.1, 0.15) is 25.7 Å². The molecule has 6 atom stereocenters. The fourth-order valence-electron chi connectivity index (χ4n) is 5.89. The first-order valence-corrected chi connectivity index (χ1v) is 12.0. The third kappa shape index (κ3) is 3.44. The third-order valence-corrected chi connectivity index (χ3v) is 9.24. The van der Waals surface area contributed by atoms with Crippen LogP contribution in [0, 0.1) is 45.6 Å². The number of fused-ring (bicyclic) bond motifs is 4. The smallest absolute Gasteiger partial charge is 0.258 e. The molecule has 0 N–H and O–H groups in total. The molecule has 2 fully saturated rings. The largest absolute Gasteiger partial charge is 0.269 e. The number of rotatable bonds is 7. The first-order chi connectivity index (χ1) is 13.9. The molecule has 6 nitrogen and oxygen atoms in total. The number of nitrogens with zero attached hydrogens (tertiary/aromatic N) is 2. The van der Waals surface area contributed by atoms with Crippen LogP contribution in [-0.4, -0.2) is 30.7 Å². The topological polar surface area (TPSA) is 80.5 Å². The van der Waals surface area contributed by atoms with Gasteiger partial charge in [-0.05, 0) is 73.3 Å². The molecular weight excluding hydrogens is 388 g/mol. The van der Waals surface area contributed by atoms with Gasteiger partial charge >= 0.3 is 0 Å². The van der Waals surface area contributed by atoms with Crippen molar-refractivity contribution in [2.75, 3.05) is 13.1 Å². The van der Waals surface area contributed by atoms with Crippen LogP contribution in [0.15, 0.2) is 53.5 Å². The van der Waals surface area contributed by atoms with E-state index < -0.39 is 14.9 Å². The van der Waals surface area contributed by atoms with E-state index in [0.717, 1.165) is 25.7 Å². The van der Waals surface area contributed by atoms with E-state index in [1.807, 2.05) is 0 Å². The molecular formula is C22H26N2O4S. The molecule has 0 aliphatic heterocycles. The number of nitro groups is 1. The van der Waals surface area contributed by atoms with Gasteiger partial charge in [0, 0.05) is 25.2 Å². The first kappa shape index (κ1) is 19.0. The molecule has 4 aliphatic carbocycles. The standard InChI is InChI=1S/C22H26N2O4S/c25-24(26)21-5-7-22(8-6-21)29(27,28)23(13-19-11-15-1-3-17(19)9-15)14-20-12-16-2-4-18(20)10-16/h1-8,15-20H,9-14H2/t15-,16+,17+,18-,19-,20+. The van der Waals surface area contributed by atoms with Crippen molar-refractivity contribution in [3.63, 3.8) is 0 Å². The minimum atomic E-state index is -3.69. The predicted octanol–water partition coefficient (Wildman–Crippen LogP) is 4.01. The summed E-state index contributed by atoms with van der Waals surface area (Å²) in [5.41, 5.74) is -0.0908. The molecule has 0 spiro atoms. The molecule has 0 saturated heterocycles. The Morgan fingerprint density at radius 2 is 1.38 bits per heavy atom. The van der Waals surface area contributed by atoms with Gasteiger partial charge in [-0.2, -0.15) is 4.31 Å². The Kier molecular flexibility index (Phi) is 4.62. The highest BCUT2D eigenvalue weighted by atomic mass is 32.2. The van der Waals surface area contributed by atoms with Crippen molar-refractivity contribution in [2.24, 2.45) is 35.5 Å². The fraction of sp³-hybridized carbons (Fsp3) is 0.545. The Bertz CT molecular complexity index is 933. The zero-order chi connectivity index (χ0) is 20.2. The molecule has 1 aromatic carbocycles. The van der Waals surface area contributed by atoms with Gasteiger partial charge in [-0.25, -0.2) is 8.42 Å². The lowest BCUT2D eigenvalue weighted by Gasteiger charge is -2.31. The number of allylic oxidation sites excluding steroid dienone is 4. The number of sulfonamides is 1. The highest BCUT2D eigenvalue weighted by Gasteiger charge is 2.42. The summed E-state index contributed by atoms with van der Waals surface area (Å²) < 4.78 is 28.7. The summed E-state index contributed by atoms with van der Waals surface area (Å²) in [7, 11) is -3.69. The minimum absolute atomic E-state index is 0.0908. The summed E-state index contributed by atoms with van der Waals surface area (Å²) in [6.45, 7) is 1.09. The minimum Gasteiger partial charge on any atom is -0.258 e. The van der Waals surface area contributed by atoms with Crippen LogP contribution < -0.4 is 0 Å². The Hall–Kier alpha value is -1.99. The second-order valence-corrected chi connectivity index (χ2v) is 11.1. The third-order valence-electron chi connectivity index (χ3n) is 7.39. The second-order valence-electron chi connectivity index (χ2n) is 9.15. The lowest BCUT2D eigenvalue weighted by atomic mass is 9.91. The van der Waals surface area contributed by atoms with E-state index in [9.17, 15) is 18.5 Å². The highest BCUT2D eigenvalue weighted by Crippen LogP contribution is 2.46. The number of benzene rings is 1. The van der Waals surface area contributed by atoms with Gasteiger partial charge in [-0.1, -0.05) is 24.3 Å². The van der Waals surface area contributed by atoms with Crippen molar-refractivity contribution < 1.29 is 13.3 Å². The zero-order valence-electron chi connectivity index (χ0n) is 16.3. The predicted molar refractivity (Wildman–Crippen MR) is 110 cm³/mol. The Balaban J connectivity index is 1.41. The van der Waals surface area contributed by atoms with Crippen LogP contribution in [0.3, 0.4) is 0 Å². The van der Waals surface area contributed by atoms with E-state index in [-0.39, 0.29) is 10.6 Å². The number of non-ortho nitro benzene ring substituents is 1. The van der Waals surface area contributed by atoms with E-state index in [2.05, 4.69) is 24.3 Å². The van der Waals surface area contributed by atoms with Crippen LogP contribution in [0.25, 0.3) is 0 Å². The van der Waals surface area contributed by atoms with Gasteiger partial charge in [0.15, 0.2) is 0 Å². The Morgan fingerprint density at radius 1 is 0.862 bits per heavy atom. The maximum Gasteiger partial charge on any atom is 0.269 e. The van der Waals surface area contributed by atoms with E-state index in [1.165, 1.54) is 24.3 Å². The summed E-state index contributed by atoms with van der Waals surface area (Å²) in [5.74, 6) is 2.89. The van der Waals surface area contributed by atoms with Crippen molar-refractivity contribution in [1.29, 1.82) is 0 Å². The van der Waals surface area contributed by atoms with E-state index in [0.29, 0.717) is 48.6 Å². The van der Waals surface area contributed by atoms with Crippen LogP contribution in [-0.2, 0) is 10.0 Å². The van der Waals surface area contributed by atoms with Crippen molar-refractivity contribution >= 4 is 15.7 Å². The van der Waals surface area contributed by atoms with Crippen LogP contribution >= 0.6 is 0 Å². The van der Waals surface area contributed by atoms with Gasteiger partial charge in [-0.15, -0.1) is 0 Å². The average Bonchev–Trinajstić information content (AvgIpc) is 3.49. The molecule has 1 aromatic rings. The summed E-state index contributed by atoms with van der Waals surface area (Å²) >= 11 is 0. The van der Waals surface area contributed by atoms with Crippen LogP contribution in [0.4, 0.5) is 5.69 Å². The van der Waals surface area contributed by atoms with E-state index >= 15 is 0 Å². The van der Waals surface area contributed by atoms with Gasteiger partial charge in [-0.3, -0.25) is 10.1 Å². The molecule has 5 rings (SSSR count). The molecule has 29 heavy (non-hydrogen) atoms. The first-order valence-electron chi connectivity index (χ1n) is 10.5. The lowest BCUT2D eigenvalue weighted by Crippen LogP contribution is -2.40. The van der Waals surface area contributed by atoms with E-state index in [4.69, 9.17) is 0 Å². The second kappa shape index (κ2) is 7.06. The molecule has 0 heterocycles. The number of hydrogen-bond donors (Lipinski definition) is 0. The summed E-state index contributed by atoms with van der Waals surface area (Å²) in [5, 5.41) is 10.9. The number of nitro benzene ring substituents is 1. The van der Waals surface area contributed by atoms with Gasteiger partial charge in [0.1, 0.15) is 0 Å². The zero-order valence-corrected chi connectivity index (χ0v) is 17.1. The molecule has 2 saturated carbocycles. The van der Waals surface area contributed by atoms with Gasteiger partial charge in [0.25, 0.3) is 5.69 Å². The molecule has 4 bridgehead atoms. The monoisotopic (exact) mass is 414 g/mol. The fourth-order valence-corrected chi connectivity index (χ4v) is 7.45. The Morgan fingerprint density at radius 3 is 1.76 bits per heavy atom. The maximum atomic E-state index is 13.5. The molecule has 0 amide bonds. The molecule has 0 aromatic heterocycles. The molecule has 154 valence electrons. The van der Waals surface area contributed by atoms with Gasteiger partial charge in [0.05, 0.1) is 9.82 Å². The van der Waals surface area contributed by atoms with Crippen LogP contribution in [0.2, 0.25) is 0 Å². The highest BCUT2D eigenvalue weighted by molar-refractivity contribution is 7.89. The quantitative estimate of drug-likeness (QED) is 0.384.